The van der Waals surface area contributed by atoms with Gasteiger partial charge >= 0.3 is 0 Å². The van der Waals surface area contributed by atoms with Gasteiger partial charge in [0.25, 0.3) is 0 Å². The van der Waals surface area contributed by atoms with Gasteiger partial charge in [0, 0.05) is 39.1 Å². The van der Waals surface area contributed by atoms with E-state index in [9.17, 15) is 0 Å². The molecular weight excluding hydrogens is 677 g/mol. The third-order valence-corrected chi connectivity index (χ3v) is 11.1. The van der Waals surface area contributed by atoms with Crippen LogP contribution in [0.4, 0.5) is 17.1 Å². The van der Waals surface area contributed by atoms with Gasteiger partial charge in [0.15, 0.2) is 0 Å². The molecule has 1 aliphatic rings. The van der Waals surface area contributed by atoms with Gasteiger partial charge in [-0.1, -0.05) is 176 Å². The summed E-state index contributed by atoms with van der Waals surface area (Å²) in [6.45, 7) is 0. The zero-order chi connectivity index (χ0) is 37.3. The summed E-state index contributed by atoms with van der Waals surface area (Å²) in [5.74, 6) is 0. The summed E-state index contributed by atoms with van der Waals surface area (Å²) in [4.78, 5) is 2.44. The molecule has 0 amide bonds. The lowest BCUT2D eigenvalue weighted by Gasteiger charge is -2.29. The highest BCUT2D eigenvalue weighted by molar-refractivity contribution is 5.97. The topological polar surface area (TPSA) is 8.17 Å². The van der Waals surface area contributed by atoms with E-state index in [4.69, 9.17) is 0 Å². The first kappa shape index (κ1) is 33.4. The van der Waals surface area contributed by atoms with Gasteiger partial charge in [0.2, 0.25) is 0 Å². The van der Waals surface area contributed by atoms with E-state index >= 15 is 0 Å². The van der Waals surface area contributed by atoms with E-state index in [-0.39, 0.29) is 0 Å². The van der Waals surface area contributed by atoms with Crippen LogP contribution in [0.15, 0.2) is 212 Å². The Bertz CT molecular complexity index is 2830. The van der Waals surface area contributed by atoms with Gasteiger partial charge in [-0.25, -0.2) is 0 Å². The third-order valence-electron chi connectivity index (χ3n) is 11.1. The highest BCUT2D eigenvalue weighted by Gasteiger charge is 2.24. The third kappa shape index (κ3) is 6.02. The number of hydrogen-bond donors (Lipinski definition) is 0. The van der Waals surface area contributed by atoms with Crippen molar-refractivity contribution in [2.75, 3.05) is 4.90 Å². The molecule has 0 radical (unpaired) electrons. The minimum absolute atomic E-state index is 1.01. The number of hydrogen-bond acceptors (Lipinski definition) is 1. The van der Waals surface area contributed by atoms with E-state index in [0.29, 0.717) is 0 Å². The van der Waals surface area contributed by atoms with Gasteiger partial charge in [-0.15, -0.1) is 0 Å². The molecule has 0 N–H and O–H groups in total. The van der Waals surface area contributed by atoms with Crippen molar-refractivity contribution in [1.29, 1.82) is 0 Å². The predicted molar refractivity (Wildman–Crippen MR) is 237 cm³/mol. The molecule has 1 aromatic heterocycles. The van der Waals surface area contributed by atoms with Crippen molar-refractivity contribution >= 4 is 34.0 Å². The number of aromatic nitrogens is 1. The summed E-state index contributed by atoms with van der Waals surface area (Å²) in [5.41, 5.74) is 18.0. The van der Waals surface area contributed by atoms with Crippen LogP contribution in [0.5, 0.6) is 0 Å². The molecule has 0 unspecified atom stereocenters. The van der Waals surface area contributed by atoms with Crippen LogP contribution in [-0.4, -0.2) is 4.57 Å². The highest BCUT2D eigenvalue weighted by Crippen LogP contribution is 2.46. The molecule has 0 saturated heterocycles. The van der Waals surface area contributed by atoms with Gasteiger partial charge in [0.05, 0.1) is 16.9 Å². The lowest BCUT2D eigenvalue weighted by molar-refractivity contribution is 0.889. The molecule has 0 aliphatic heterocycles. The lowest BCUT2D eigenvalue weighted by atomic mass is 9.93. The first-order chi connectivity index (χ1) is 27.8. The second kappa shape index (κ2) is 14.6. The summed E-state index contributed by atoms with van der Waals surface area (Å²) in [7, 11) is 0. The fourth-order valence-electron chi connectivity index (χ4n) is 8.50. The molecular formula is C54H40N2. The van der Waals surface area contributed by atoms with Crippen LogP contribution >= 0.6 is 0 Å². The number of allylic oxidation sites excluding steroid dienone is 1. The molecule has 266 valence electrons. The van der Waals surface area contributed by atoms with E-state index < -0.39 is 0 Å². The maximum atomic E-state index is 2.52. The fourth-order valence-corrected chi connectivity index (χ4v) is 8.50. The molecule has 0 spiro atoms. The Morgan fingerprint density at radius 1 is 0.411 bits per heavy atom. The quantitative estimate of drug-likeness (QED) is 0.152. The zero-order valence-electron chi connectivity index (χ0n) is 31.1. The molecule has 0 fully saturated rings. The van der Waals surface area contributed by atoms with Gasteiger partial charge in [-0.2, -0.15) is 0 Å². The molecule has 0 bridgehead atoms. The molecule has 2 nitrogen and oxygen atoms in total. The Labute approximate surface area is 328 Å². The molecule has 0 atom stereocenters. The average molecular weight is 717 g/mol. The number of benzene rings is 8. The molecule has 1 aliphatic carbocycles. The number of nitrogens with zero attached hydrogens (tertiary/aromatic N) is 2. The predicted octanol–water partition coefficient (Wildman–Crippen LogP) is 14.7. The Hall–Kier alpha value is -7.16. The Balaban J connectivity index is 1.20. The van der Waals surface area contributed by atoms with E-state index in [1.54, 1.807) is 0 Å². The van der Waals surface area contributed by atoms with Crippen molar-refractivity contribution in [3.05, 3.63) is 224 Å². The largest absolute Gasteiger partial charge is 0.312 e. The second-order valence-electron chi connectivity index (χ2n) is 14.4. The number of rotatable bonds is 8. The monoisotopic (exact) mass is 716 g/mol. The molecule has 9 aromatic rings. The Kier molecular flexibility index (Phi) is 8.70. The minimum Gasteiger partial charge on any atom is -0.312 e. The fraction of sp³-hybridized carbons (Fsp3) is 0.0370. The zero-order valence-corrected chi connectivity index (χ0v) is 31.1. The smallest absolute Gasteiger partial charge is 0.0540 e. The van der Waals surface area contributed by atoms with Crippen molar-refractivity contribution in [1.82, 2.24) is 4.57 Å². The maximum Gasteiger partial charge on any atom is 0.0540 e. The molecule has 56 heavy (non-hydrogen) atoms. The molecule has 0 saturated carbocycles. The number of para-hydroxylation sites is 3. The van der Waals surface area contributed by atoms with Gasteiger partial charge in [0.1, 0.15) is 0 Å². The standard InChI is InChI=1S/C54H40N2/c1-4-18-39(19-5-1)40-32-34-43(35-33-40)55(44-36-37-45(41-20-6-2-7-21-41)50(38-44)42-22-8-3-9-23-42)51-28-14-10-24-46(51)47-25-11-15-29-52(47)56-53-30-16-12-26-48(53)49-27-13-17-31-54(49)56/h1-16,18-30,32-38H,17,31H2. The summed E-state index contributed by atoms with van der Waals surface area (Å²) >= 11 is 0. The van der Waals surface area contributed by atoms with E-state index in [0.717, 1.165) is 29.9 Å². The first-order valence-electron chi connectivity index (χ1n) is 19.5. The average Bonchev–Trinajstić information content (AvgIpc) is 3.62. The summed E-state index contributed by atoms with van der Waals surface area (Å²) in [6, 6.07) is 74.8. The van der Waals surface area contributed by atoms with Crippen molar-refractivity contribution in [2.24, 2.45) is 0 Å². The van der Waals surface area contributed by atoms with Crippen LogP contribution in [0.2, 0.25) is 0 Å². The number of fused-ring (bicyclic) bond motifs is 3. The van der Waals surface area contributed by atoms with Crippen LogP contribution < -0.4 is 4.90 Å². The van der Waals surface area contributed by atoms with Gasteiger partial charge < -0.3 is 9.47 Å². The summed E-state index contributed by atoms with van der Waals surface area (Å²) < 4.78 is 2.52. The Morgan fingerprint density at radius 3 is 1.73 bits per heavy atom. The van der Waals surface area contributed by atoms with Crippen LogP contribution in [0.3, 0.4) is 0 Å². The van der Waals surface area contributed by atoms with Crippen molar-refractivity contribution in [3.8, 4) is 50.2 Å². The van der Waals surface area contributed by atoms with Crippen LogP contribution in [-0.2, 0) is 6.42 Å². The maximum absolute atomic E-state index is 2.52. The Morgan fingerprint density at radius 2 is 0.982 bits per heavy atom. The molecule has 2 heteroatoms. The normalized spacial score (nSPS) is 12.1. The van der Waals surface area contributed by atoms with Crippen LogP contribution in [0.1, 0.15) is 17.7 Å². The van der Waals surface area contributed by atoms with E-state index in [1.807, 2.05) is 0 Å². The van der Waals surface area contributed by atoms with Crippen LogP contribution in [0.25, 0.3) is 67.2 Å². The van der Waals surface area contributed by atoms with Crippen molar-refractivity contribution in [3.63, 3.8) is 0 Å². The first-order valence-corrected chi connectivity index (χ1v) is 19.5. The highest BCUT2D eigenvalue weighted by atomic mass is 15.1. The van der Waals surface area contributed by atoms with Crippen LogP contribution in [0, 0.1) is 0 Å². The van der Waals surface area contributed by atoms with Crippen molar-refractivity contribution in [2.45, 2.75) is 12.8 Å². The SMILES string of the molecule is C1=Cc2c(n(-c3ccccc3-c3ccccc3N(c3ccc(-c4ccccc4)cc3)c3ccc(-c4ccccc4)c(-c4ccccc4)c3)c3ccccc23)CC1. The summed E-state index contributed by atoms with van der Waals surface area (Å²) in [6.07, 6.45) is 6.68. The van der Waals surface area contributed by atoms with E-state index in [1.165, 1.54) is 72.4 Å². The van der Waals surface area contributed by atoms with Crippen molar-refractivity contribution < 1.29 is 0 Å². The summed E-state index contributed by atoms with van der Waals surface area (Å²) in [5, 5.41) is 1.30. The molecule has 8 aromatic carbocycles. The molecule has 10 rings (SSSR count). The van der Waals surface area contributed by atoms with E-state index in [2.05, 4.69) is 228 Å². The van der Waals surface area contributed by atoms with Gasteiger partial charge in [-0.3, -0.25) is 0 Å². The van der Waals surface area contributed by atoms with Gasteiger partial charge in [-0.05, 0) is 88.7 Å². The second-order valence-corrected chi connectivity index (χ2v) is 14.4. The lowest BCUT2D eigenvalue weighted by Crippen LogP contribution is -2.12. The number of anilines is 3. The minimum atomic E-state index is 1.01. The molecule has 1 heterocycles.